The molecule has 1 aromatic rings. The van der Waals surface area contributed by atoms with Crippen molar-refractivity contribution >= 4 is 11.6 Å². The third kappa shape index (κ3) is 1.97. The molecule has 0 aromatic carbocycles. The van der Waals surface area contributed by atoms with Crippen molar-refractivity contribution in [2.24, 2.45) is 11.7 Å². The van der Waals surface area contributed by atoms with E-state index in [0.717, 1.165) is 5.69 Å². The number of nitrogens with zero attached hydrogens (tertiary/aromatic N) is 3. The van der Waals surface area contributed by atoms with Gasteiger partial charge in [-0.25, -0.2) is 9.97 Å². The van der Waals surface area contributed by atoms with Gasteiger partial charge in [-0.1, -0.05) is 0 Å². The molecule has 2 rings (SSSR count). The number of amides is 1. The molecule has 1 fully saturated rings. The van der Waals surface area contributed by atoms with Crippen molar-refractivity contribution in [3.05, 3.63) is 18.2 Å². The number of hydrogen-bond acceptors (Lipinski definition) is 4. The number of hydrogen-bond donors (Lipinski definition) is 1. The summed E-state index contributed by atoms with van der Waals surface area (Å²) >= 11 is 0. The van der Waals surface area contributed by atoms with E-state index in [0.29, 0.717) is 25.3 Å². The average Bonchev–Trinajstić information content (AvgIpc) is 2.61. The predicted octanol–water partition coefficient (Wildman–Crippen LogP) is 0.0966. The Bertz CT molecular complexity index is 362. The fourth-order valence-electron chi connectivity index (χ4n) is 1.71. The van der Waals surface area contributed by atoms with Crippen LogP contribution in [0.3, 0.4) is 0 Å². The van der Waals surface area contributed by atoms with E-state index in [2.05, 4.69) is 9.97 Å². The predicted molar refractivity (Wildman–Crippen MR) is 56.3 cm³/mol. The van der Waals surface area contributed by atoms with Crippen LogP contribution in [0, 0.1) is 12.8 Å². The molecule has 0 aliphatic carbocycles. The van der Waals surface area contributed by atoms with Crippen molar-refractivity contribution in [2.75, 3.05) is 18.0 Å². The molecule has 0 radical (unpaired) electrons. The molecule has 80 valence electrons. The summed E-state index contributed by atoms with van der Waals surface area (Å²) in [6.07, 6.45) is 3.89. The van der Waals surface area contributed by atoms with Gasteiger partial charge >= 0.3 is 0 Å². The summed E-state index contributed by atoms with van der Waals surface area (Å²) in [4.78, 5) is 21.5. The van der Waals surface area contributed by atoms with E-state index in [1.165, 1.54) is 0 Å². The first-order valence-corrected chi connectivity index (χ1v) is 5.00. The van der Waals surface area contributed by atoms with Crippen molar-refractivity contribution in [1.29, 1.82) is 0 Å². The number of aromatic nitrogens is 2. The van der Waals surface area contributed by atoms with Crippen molar-refractivity contribution in [2.45, 2.75) is 13.3 Å². The molecule has 1 unspecified atom stereocenters. The lowest BCUT2D eigenvalue weighted by atomic mass is 10.1. The van der Waals surface area contributed by atoms with Crippen LogP contribution in [0.4, 0.5) is 5.69 Å². The van der Waals surface area contributed by atoms with Gasteiger partial charge in [0.2, 0.25) is 5.91 Å². The van der Waals surface area contributed by atoms with E-state index >= 15 is 0 Å². The summed E-state index contributed by atoms with van der Waals surface area (Å²) in [5.74, 6) is 1.08. The molecule has 1 atom stereocenters. The number of rotatable bonds is 2. The molecule has 0 spiro atoms. The zero-order chi connectivity index (χ0) is 10.8. The monoisotopic (exact) mass is 206 g/mol. The molecule has 1 amide bonds. The van der Waals surface area contributed by atoms with Crippen LogP contribution in [-0.2, 0) is 4.79 Å². The van der Waals surface area contributed by atoms with Gasteiger partial charge in [0.15, 0.2) is 0 Å². The maximum Gasteiger partial charge on any atom is 0.227 e. The van der Waals surface area contributed by atoms with Crippen LogP contribution in [-0.4, -0.2) is 29.0 Å². The van der Waals surface area contributed by atoms with Crippen LogP contribution in [0.5, 0.6) is 0 Å². The van der Waals surface area contributed by atoms with Crippen molar-refractivity contribution in [3.8, 4) is 0 Å². The lowest BCUT2D eigenvalue weighted by Crippen LogP contribution is -2.26. The number of nitrogens with two attached hydrogens (primary N) is 1. The summed E-state index contributed by atoms with van der Waals surface area (Å²) in [6.45, 7) is 3.05. The van der Waals surface area contributed by atoms with Gasteiger partial charge in [0.25, 0.3) is 0 Å². The fraction of sp³-hybridized carbons (Fsp3) is 0.500. The molecular weight excluding hydrogens is 192 g/mol. The van der Waals surface area contributed by atoms with E-state index < -0.39 is 0 Å². The van der Waals surface area contributed by atoms with Gasteiger partial charge in [0, 0.05) is 13.0 Å². The van der Waals surface area contributed by atoms with E-state index in [1.54, 1.807) is 17.3 Å². The van der Waals surface area contributed by atoms with Crippen LogP contribution in [0.2, 0.25) is 0 Å². The van der Waals surface area contributed by atoms with Gasteiger partial charge < -0.3 is 10.6 Å². The van der Waals surface area contributed by atoms with Gasteiger partial charge in [-0.3, -0.25) is 4.79 Å². The van der Waals surface area contributed by atoms with Crippen molar-refractivity contribution in [1.82, 2.24) is 9.97 Å². The van der Waals surface area contributed by atoms with E-state index in [9.17, 15) is 4.79 Å². The topological polar surface area (TPSA) is 72.1 Å². The highest BCUT2D eigenvalue weighted by atomic mass is 16.2. The first-order valence-electron chi connectivity index (χ1n) is 5.00. The highest BCUT2D eigenvalue weighted by Crippen LogP contribution is 2.22. The Balaban J connectivity index is 2.18. The molecule has 0 bridgehead atoms. The smallest absolute Gasteiger partial charge is 0.227 e. The molecule has 1 aromatic heterocycles. The van der Waals surface area contributed by atoms with E-state index in [4.69, 9.17) is 5.73 Å². The average molecular weight is 206 g/mol. The fourth-order valence-corrected chi connectivity index (χ4v) is 1.71. The second-order valence-electron chi connectivity index (χ2n) is 3.80. The van der Waals surface area contributed by atoms with Crippen molar-refractivity contribution in [3.63, 3.8) is 0 Å². The standard InChI is InChI=1S/C10H14N4O/c1-7-12-4-9(5-13-7)14-6-8(3-11)2-10(14)15/h4-5,8H,2-3,6,11H2,1H3. The van der Waals surface area contributed by atoms with Crippen LogP contribution in [0.1, 0.15) is 12.2 Å². The molecular formula is C10H14N4O. The SMILES string of the molecule is Cc1ncc(N2CC(CN)CC2=O)cn1. The normalized spacial score (nSPS) is 21.1. The zero-order valence-electron chi connectivity index (χ0n) is 8.68. The van der Waals surface area contributed by atoms with Gasteiger partial charge in [-0.15, -0.1) is 0 Å². The lowest BCUT2D eigenvalue weighted by Gasteiger charge is -2.15. The Labute approximate surface area is 88.3 Å². The molecule has 1 saturated heterocycles. The van der Waals surface area contributed by atoms with Crippen LogP contribution >= 0.6 is 0 Å². The quantitative estimate of drug-likeness (QED) is 0.744. The highest BCUT2D eigenvalue weighted by molar-refractivity contribution is 5.95. The first kappa shape index (κ1) is 10.0. The van der Waals surface area contributed by atoms with Crippen molar-refractivity contribution < 1.29 is 4.79 Å². The molecule has 2 heterocycles. The minimum absolute atomic E-state index is 0.109. The van der Waals surface area contributed by atoms with Crippen LogP contribution in [0.15, 0.2) is 12.4 Å². The molecule has 1 aliphatic rings. The number of aryl methyl sites for hydroxylation is 1. The summed E-state index contributed by atoms with van der Waals surface area (Å²) in [5, 5.41) is 0. The molecule has 5 nitrogen and oxygen atoms in total. The number of carbonyl (C=O) groups excluding carboxylic acids is 1. The summed E-state index contributed by atoms with van der Waals surface area (Å²) in [7, 11) is 0. The Morgan fingerprint density at radius 2 is 2.20 bits per heavy atom. The third-order valence-corrected chi connectivity index (χ3v) is 2.62. The van der Waals surface area contributed by atoms with Gasteiger partial charge in [-0.05, 0) is 19.4 Å². The Morgan fingerprint density at radius 1 is 1.53 bits per heavy atom. The third-order valence-electron chi connectivity index (χ3n) is 2.62. The summed E-state index contributed by atoms with van der Waals surface area (Å²) in [5.41, 5.74) is 6.32. The van der Waals surface area contributed by atoms with E-state index in [-0.39, 0.29) is 11.8 Å². The molecule has 5 heteroatoms. The highest BCUT2D eigenvalue weighted by Gasteiger charge is 2.29. The van der Waals surface area contributed by atoms with Crippen LogP contribution in [0.25, 0.3) is 0 Å². The van der Waals surface area contributed by atoms with E-state index in [1.807, 2.05) is 6.92 Å². The number of carbonyl (C=O) groups is 1. The molecule has 15 heavy (non-hydrogen) atoms. The minimum Gasteiger partial charge on any atom is -0.330 e. The van der Waals surface area contributed by atoms with Gasteiger partial charge in [-0.2, -0.15) is 0 Å². The second-order valence-corrected chi connectivity index (χ2v) is 3.80. The first-order chi connectivity index (χ1) is 7.20. The van der Waals surface area contributed by atoms with Gasteiger partial charge in [0.1, 0.15) is 5.82 Å². The molecule has 1 aliphatic heterocycles. The summed E-state index contributed by atoms with van der Waals surface area (Å²) in [6, 6.07) is 0. The second kappa shape index (κ2) is 3.94. The Kier molecular flexibility index (Phi) is 2.64. The van der Waals surface area contributed by atoms with Gasteiger partial charge in [0.05, 0.1) is 18.1 Å². The largest absolute Gasteiger partial charge is 0.330 e. The minimum atomic E-state index is 0.109. The van der Waals surface area contributed by atoms with Crippen LogP contribution < -0.4 is 10.6 Å². The lowest BCUT2D eigenvalue weighted by molar-refractivity contribution is -0.117. The maximum atomic E-state index is 11.6. The Morgan fingerprint density at radius 3 is 2.73 bits per heavy atom. The molecule has 2 N–H and O–H groups in total. The Hall–Kier alpha value is -1.49. The zero-order valence-corrected chi connectivity index (χ0v) is 8.68. The summed E-state index contributed by atoms with van der Waals surface area (Å²) < 4.78 is 0. The molecule has 0 saturated carbocycles. The maximum absolute atomic E-state index is 11.6. The number of anilines is 1.